The molecule has 0 unspecified atom stereocenters. The number of hydrogen-bond acceptors (Lipinski definition) is 8. The molecular weight excluding hydrogens is 497 g/mol. The number of hydrogen-bond donors (Lipinski definition) is 3. The van der Waals surface area contributed by atoms with E-state index in [4.69, 9.17) is 28.3 Å². The Bertz CT molecular complexity index is 1350. The highest BCUT2D eigenvalue weighted by molar-refractivity contribution is 6.60. The lowest BCUT2D eigenvalue weighted by molar-refractivity contribution is -0.00208. The number of aromatic nitrogens is 5. The van der Waals surface area contributed by atoms with Crippen LogP contribution < -0.4 is 20.7 Å². The molecule has 0 bridgehead atoms. The monoisotopic (exact) mass is 517 g/mol. The number of urea groups is 1. The third-order valence-corrected chi connectivity index (χ3v) is 5.46. The van der Waals surface area contributed by atoms with E-state index in [1.165, 1.54) is 29.1 Å². The Morgan fingerprint density at radius 1 is 1.18 bits per heavy atom. The van der Waals surface area contributed by atoms with E-state index in [1.807, 2.05) is 0 Å². The number of likely N-dealkylation sites (tertiary alicyclic amines) is 1. The number of rotatable bonds is 8. The van der Waals surface area contributed by atoms with Crippen LogP contribution in [0.2, 0.25) is 0 Å². The summed E-state index contributed by atoms with van der Waals surface area (Å²) in [7, 11) is 19.6. The van der Waals surface area contributed by atoms with Crippen LogP contribution in [0.25, 0.3) is 11.4 Å². The summed E-state index contributed by atoms with van der Waals surface area (Å²) < 4.78 is 32.6. The van der Waals surface area contributed by atoms with Gasteiger partial charge in [0.05, 0.1) is 53.5 Å². The summed E-state index contributed by atoms with van der Waals surface area (Å²) in [4.78, 5) is 30.7. The maximum Gasteiger partial charge on any atom is 0.323 e. The van der Waals surface area contributed by atoms with Gasteiger partial charge in [0.1, 0.15) is 6.33 Å². The van der Waals surface area contributed by atoms with Gasteiger partial charge < -0.3 is 20.3 Å². The lowest BCUT2D eigenvalue weighted by atomic mass is 9.49. The first kappa shape index (κ1) is 26.9. The number of para-hydroxylation sites is 1. The van der Waals surface area contributed by atoms with E-state index in [0.29, 0.717) is 22.8 Å². The maximum absolute atomic E-state index is 12.8. The summed E-state index contributed by atoms with van der Waals surface area (Å²) in [5.74, 6) is -1.07. The van der Waals surface area contributed by atoms with Crippen LogP contribution >= 0.6 is 0 Å². The summed E-state index contributed by atoms with van der Waals surface area (Å²) in [5.41, 5.74) is 0.740. The van der Waals surface area contributed by atoms with Crippen LogP contribution in [0, 0.1) is 5.92 Å². The number of methoxy groups -OCH3 is 1. The van der Waals surface area contributed by atoms with Gasteiger partial charge in [-0.05, 0) is 12.1 Å². The van der Waals surface area contributed by atoms with Gasteiger partial charge in [0.15, 0.2) is 23.1 Å². The first-order valence-electron chi connectivity index (χ1n) is 11.2. The highest BCUT2D eigenvalue weighted by atomic mass is 19.3. The molecule has 0 saturated carbocycles. The molecule has 2 aromatic heterocycles. The zero-order valence-electron chi connectivity index (χ0n) is 20.4. The van der Waals surface area contributed by atoms with E-state index in [2.05, 4.69) is 36.2 Å². The van der Waals surface area contributed by atoms with Crippen molar-refractivity contribution in [2.45, 2.75) is 11.7 Å². The van der Waals surface area contributed by atoms with Crippen LogP contribution in [0.15, 0.2) is 30.6 Å². The van der Waals surface area contributed by atoms with Crippen LogP contribution in [0.1, 0.15) is 10.5 Å². The van der Waals surface area contributed by atoms with Gasteiger partial charge in [-0.3, -0.25) is 14.8 Å². The Kier molecular flexibility index (Phi) is 7.55. The molecule has 12 nitrogen and oxygen atoms in total. The second-order valence-electron chi connectivity index (χ2n) is 8.56. The molecule has 1 aliphatic rings. The molecule has 1 saturated heterocycles. The number of nitrogens with one attached hydrogen (secondary N) is 3. The molecule has 0 atom stereocenters. The van der Waals surface area contributed by atoms with Crippen molar-refractivity contribution in [3.05, 3.63) is 36.3 Å². The predicted octanol–water partition coefficient (Wildman–Crippen LogP) is 0.600. The average Bonchev–Trinajstić information content (AvgIpc) is 3.22. The van der Waals surface area contributed by atoms with E-state index in [0.717, 1.165) is 0 Å². The summed E-state index contributed by atoms with van der Waals surface area (Å²) >= 11 is 0. The number of benzene rings is 1. The first-order valence-corrected chi connectivity index (χ1v) is 11.2. The molecule has 6 radical (unpaired) electrons. The number of carbonyl (C=O) groups is 2. The molecule has 3 amide bonds. The lowest BCUT2D eigenvalue weighted by Crippen LogP contribution is -2.54. The van der Waals surface area contributed by atoms with Crippen LogP contribution in [-0.4, -0.2) is 97.2 Å². The van der Waals surface area contributed by atoms with E-state index < -0.39 is 29.5 Å². The first-order chi connectivity index (χ1) is 17.9. The van der Waals surface area contributed by atoms with E-state index in [9.17, 15) is 18.4 Å². The SMILES string of the molecule is [B]C([B])([B])NC(=O)c1nnc(NC(=O)N2CC(C(F)F)C2)cc1Nc1cccc(-c2ncn(C)n2)c1OC. The zero-order valence-corrected chi connectivity index (χ0v) is 20.4. The highest BCUT2D eigenvalue weighted by Crippen LogP contribution is 2.37. The Morgan fingerprint density at radius 3 is 2.53 bits per heavy atom. The number of alkyl halides is 2. The number of nitrogens with zero attached hydrogens (tertiary/aromatic N) is 6. The molecule has 3 N–H and O–H groups in total. The second-order valence-corrected chi connectivity index (χ2v) is 8.56. The quantitative estimate of drug-likeness (QED) is 0.370. The lowest BCUT2D eigenvalue weighted by Gasteiger charge is -2.38. The standard InChI is InChI=1S/C21H20B3F2N9O3/c1-34-9-27-18(33-34)11-4-3-5-12(16(11)38-2)28-13-6-14(29-20(37)35-7-10(8-35)17(25)26)31-32-15(13)19(36)30-21(22,23)24/h3-6,9-10,17H,7-8H2,1-2H3,(H,30,36)(H2,28,29,31,37). The van der Waals surface area contributed by atoms with Crippen LogP contribution in [0.3, 0.4) is 0 Å². The van der Waals surface area contributed by atoms with Crippen molar-refractivity contribution in [3.8, 4) is 17.1 Å². The van der Waals surface area contributed by atoms with Crippen molar-refractivity contribution in [1.82, 2.24) is 35.2 Å². The third kappa shape index (κ3) is 6.03. The number of anilines is 3. The van der Waals surface area contributed by atoms with E-state index in [1.54, 1.807) is 25.2 Å². The molecule has 17 heteroatoms. The second kappa shape index (κ2) is 10.7. The minimum atomic E-state index is -2.51. The normalized spacial score (nSPS) is 13.7. The maximum atomic E-state index is 12.8. The van der Waals surface area contributed by atoms with Gasteiger partial charge in [-0.25, -0.2) is 18.6 Å². The predicted molar refractivity (Wildman–Crippen MR) is 136 cm³/mol. The third-order valence-electron chi connectivity index (χ3n) is 5.46. The van der Waals surface area contributed by atoms with E-state index >= 15 is 0 Å². The Labute approximate surface area is 220 Å². The van der Waals surface area contributed by atoms with Crippen molar-refractivity contribution in [1.29, 1.82) is 0 Å². The smallest absolute Gasteiger partial charge is 0.323 e. The largest absolute Gasteiger partial charge is 0.494 e. The number of halogens is 2. The average molecular weight is 517 g/mol. The number of aryl methyl sites for hydroxylation is 1. The molecule has 0 aliphatic carbocycles. The van der Waals surface area contributed by atoms with Crippen LogP contribution in [0.4, 0.5) is 30.8 Å². The summed E-state index contributed by atoms with van der Waals surface area (Å²) in [6, 6.07) is 5.79. The number of ether oxygens (including phenoxy) is 1. The van der Waals surface area contributed by atoms with Gasteiger partial charge in [-0.15, -0.1) is 10.2 Å². The minimum Gasteiger partial charge on any atom is -0.494 e. The highest BCUT2D eigenvalue weighted by Gasteiger charge is 2.37. The van der Waals surface area contributed by atoms with Crippen LogP contribution in [-0.2, 0) is 7.05 Å². The van der Waals surface area contributed by atoms with Gasteiger partial charge in [-0.1, -0.05) is 11.3 Å². The summed E-state index contributed by atoms with van der Waals surface area (Å²) in [6.07, 6.45) is -0.987. The Hall–Kier alpha value is -4.17. The molecule has 4 rings (SSSR count). The topological polar surface area (TPSA) is 139 Å². The summed E-state index contributed by atoms with van der Waals surface area (Å²) in [6.45, 7) is -0.195. The number of amides is 3. The number of carbonyl (C=O) groups excluding carboxylic acids is 2. The minimum absolute atomic E-state index is 0.0597. The van der Waals surface area contributed by atoms with E-state index in [-0.39, 0.29) is 30.3 Å². The van der Waals surface area contributed by atoms with Crippen molar-refractivity contribution in [2.24, 2.45) is 13.0 Å². The molecule has 0 spiro atoms. The summed E-state index contributed by atoms with van der Waals surface area (Å²) in [5, 5.41) is 17.6. The Morgan fingerprint density at radius 2 is 1.92 bits per heavy atom. The van der Waals surface area contributed by atoms with Crippen molar-refractivity contribution in [3.63, 3.8) is 0 Å². The fourth-order valence-electron chi connectivity index (χ4n) is 3.64. The molecule has 1 aliphatic heterocycles. The molecule has 38 heavy (non-hydrogen) atoms. The van der Waals surface area contributed by atoms with Crippen LogP contribution in [0.5, 0.6) is 5.75 Å². The molecule has 1 fully saturated rings. The zero-order chi connectivity index (χ0) is 27.6. The molecule has 3 aromatic rings. The van der Waals surface area contributed by atoms with Crippen molar-refractivity contribution >= 4 is 52.7 Å². The van der Waals surface area contributed by atoms with Gasteiger partial charge in [-0.2, -0.15) is 5.10 Å². The van der Waals surface area contributed by atoms with Gasteiger partial charge in [0.2, 0.25) is 6.43 Å². The Balaban J connectivity index is 1.66. The van der Waals surface area contributed by atoms with Gasteiger partial charge >= 0.3 is 6.03 Å². The molecular formula is C21H20B3F2N9O3. The van der Waals surface area contributed by atoms with Gasteiger partial charge in [0.25, 0.3) is 5.91 Å². The fourth-order valence-corrected chi connectivity index (χ4v) is 3.64. The van der Waals surface area contributed by atoms with Gasteiger partial charge in [0, 0.05) is 26.2 Å². The fraction of sp³-hybridized carbons (Fsp3) is 0.333. The molecule has 1 aromatic carbocycles. The van der Waals surface area contributed by atoms with Crippen molar-refractivity contribution in [2.75, 3.05) is 30.8 Å². The molecule has 190 valence electrons. The van der Waals surface area contributed by atoms with Crippen molar-refractivity contribution < 1.29 is 23.1 Å². The molecule has 3 heterocycles.